The fourth-order valence-corrected chi connectivity index (χ4v) is 1.59. The molecule has 0 radical (unpaired) electrons. The van der Waals surface area contributed by atoms with Gasteiger partial charge >= 0.3 is 0 Å². The average molecular weight is 209 g/mol. The van der Waals surface area contributed by atoms with Gasteiger partial charge in [-0.3, -0.25) is 0 Å². The Morgan fingerprint density at radius 1 is 1.33 bits per heavy atom. The second kappa shape index (κ2) is 5.14. The summed E-state index contributed by atoms with van der Waals surface area (Å²) in [6.45, 7) is 6.14. The largest absolute Gasteiger partial charge is 0.508 e. The van der Waals surface area contributed by atoms with E-state index in [0.717, 1.165) is 11.1 Å². The van der Waals surface area contributed by atoms with E-state index < -0.39 is 0 Å². The Morgan fingerprint density at radius 3 is 2.47 bits per heavy atom. The molecule has 3 heteroatoms. The summed E-state index contributed by atoms with van der Waals surface area (Å²) >= 11 is 0. The fraction of sp³-hybridized carbons (Fsp3) is 0.500. The van der Waals surface area contributed by atoms with E-state index in [1.165, 1.54) is 0 Å². The first kappa shape index (κ1) is 12.0. The number of phenols is 1. The number of nitrogens with one attached hydrogen (secondary N) is 1. The Hall–Kier alpha value is -1.06. The number of aromatic hydroxyl groups is 1. The van der Waals surface area contributed by atoms with Gasteiger partial charge in [0.05, 0.1) is 13.2 Å². The van der Waals surface area contributed by atoms with Crippen LogP contribution in [0.3, 0.4) is 0 Å². The Bertz CT molecular complexity index is 323. The second-order valence-corrected chi connectivity index (χ2v) is 4.09. The molecule has 1 atom stereocenters. The highest BCUT2D eigenvalue weighted by Gasteiger charge is 2.15. The minimum atomic E-state index is 0.147. The van der Waals surface area contributed by atoms with Crippen LogP contribution < -0.4 is 5.48 Å². The smallest absolute Gasteiger partial charge is 0.118 e. The van der Waals surface area contributed by atoms with Gasteiger partial charge in [-0.15, -0.1) is 0 Å². The minimum absolute atomic E-state index is 0.147. The summed E-state index contributed by atoms with van der Waals surface area (Å²) in [7, 11) is 1.61. The number of phenolic OH excluding ortho intramolecular Hbond substituents is 1. The van der Waals surface area contributed by atoms with E-state index in [1.54, 1.807) is 13.2 Å². The molecule has 0 aliphatic heterocycles. The highest BCUT2D eigenvalue weighted by Crippen LogP contribution is 2.25. The van der Waals surface area contributed by atoms with E-state index >= 15 is 0 Å². The summed E-state index contributed by atoms with van der Waals surface area (Å²) < 4.78 is 0. The predicted octanol–water partition coefficient (Wildman–Crippen LogP) is 2.55. The van der Waals surface area contributed by atoms with Crippen molar-refractivity contribution in [1.82, 2.24) is 5.48 Å². The first-order chi connectivity index (χ1) is 7.06. The van der Waals surface area contributed by atoms with Gasteiger partial charge in [-0.05, 0) is 30.0 Å². The van der Waals surface area contributed by atoms with Gasteiger partial charge in [0.15, 0.2) is 0 Å². The molecule has 0 heterocycles. The summed E-state index contributed by atoms with van der Waals surface area (Å²) in [5.41, 5.74) is 4.98. The van der Waals surface area contributed by atoms with Crippen molar-refractivity contribution in [1.29, 1.82) is 0 Å². The summed E-state index contributed by atoms with van der Waals surface area (Å²) in [6.07, 6.45) is 0. The Morgan fingerprint density at radius 2 is 2.00 bits per heavy atom. The average Bonchev–Trinajstić information content (AvgIpc) is 2.18. The van der Waals surface area contributed by atoms with Gasteiger partial charge in [-0.1, -0.05) is 26.0 Å². The standard InChI is InChI=1S/C12H19NO2/c1-8(2)12(13-15-4)10-5-6-11(14)9(3)7-10/h5-8,12-14H,1-4H3. The molecule has 1 unspecified atom stereocenters. The molecule has 0 saturated heterocycles. The molecule has 84 valence electrons. The van der Waals surface area contributed by atoms with Gasteiger partial charge in [-0.2, -0.15) is 5.48 Å². The van der Waals surface area contributed by atoms with Crippen LogP contribution in [0.25, 0.3) is 0 Å². The first-order valence-corrected chi connectivity index (χ1v) is 5.14. The van der Waals surface area contributed by atoms with E-state index in [1.807, 2.05) is 19.1 Å². The minimum Gasteiger partial charge on any atom is -0.508 e. The van der Waals surface area contributed by atoms with Gasteiger partial charge in [0.2, 0.25) is 0 Å². The molecule has 1 rings (SSSR count). The van der Waals surface area contributed by atoms with Gasteiger partial charge in [0, 0.05) is 0 Å². The molecular weight excluding hydrogens is 190 g/mol. The number of hydroxylamine groups is 1. The van der Waals surface area contributed by atoms with Crippen molar-refractivity contribution < 1.29 is 9.94 Å². The van der Waals surface area contributed by atoms with E-state index in [-0.39, 0.29) is 6.04 Å². The zero-order valence-electron chi connectivity index (χ0n) is 9.74. The van der Waals surface area contributed by atoms with E-state index in [2.05, 4.69) is 19.3 Å². The van der Waals surface area contributed by atoms with Crippen LogP contribution in [0.1, 0.15) is 31.0 Å². The molecule has 0 aliphatic carbocycles. The topological polar surface area (TPSA) is 41.5 Å². The lowest BCUT2D eigenvalue weighted by Gasteiger charge is -2.21. The maximum absolute atomic E-state index is 9.44. The second-order valence-electron chi connectivity index (χ2n) is 4.09. The lowest BCUT2D eigenvalue weighted by molar-refractivity contribution is 0.0459. The number of hydrogen-bond donors (Lipinski definition) is 2. The third-order valence-corrected chi connectivity index (χ3v) is 2.49. The van der Waals surface area contributed by atoms with Crippen molar-refractivity contribution >= 4 is 0 Å². The maximum Gasteiger partial charge on any atom is 0.118 e. The molecule has 2 N–H and O–H groups in total. The fourth-order valence-electron chi connectivity index (χ4n) is 1.59. The van der Waals surface area contributed by atoms with Crippen LogP contribution in [-0.2, 0) is 4.84 Å². The normalized spacial score (nSPS) is 13.1. The van der Waals surface area contributed by atoms with Crippen molar-refractivity contribution in [3.8, 4) is 5.75 Å². The summed E-state index contributed by atoms with van der Waals surface area (Å²) in [5.74, 6) is 0.757. The van der Waals surface area contributed by atoms with Gasteiger partial charge in [0.25, 0.3) is 0 Å². The van der Waals surface area contributed by atoms with Crippen LogP contribution in [0, 0.1) is 12.8 Å². The lowest BCUT2D eigenvalue weighted by Crippen LogP contribution is -2.24. The van der Waals surface area contributed by atoms with Crippen LogP contribution in [-0.4, -0.2) is 12.2 Å². The Labute approximate surface area is 91.0 Å². The maximum atomic E-state index is 9.44. The molecule has 0 saturated carbocycles. The molecule has 1 aromatic carbocycles. The molecule has 0 amide bonds. The number of rotatable bonds is 4. The SMILES string of the molecule is CONC(c1ccc(O)c(C)c1)C(C)C. The van der Waals surface area contributed by atoms with Crippen molar-refractivity contribution in [2.75, 3.05) is 7.11 Å². The third-order valence-electron chi connectivity index (χ3n) is 2.49. The summed E-state index contributed by atoms with van der Waals surface area (Å²) in [5, 5.41) is 9.44. The first-order valence-electron chi connectivity index (χ1n) is 5.14. The quantitative estimate of drug-likeness (QED) is 0.749. The molecule has 15 heavy (non-hydrogen) atoms. The van der Waals surface area contributed by atoms with E-state index in [9.17, 15) is 5.11 Å². The van der Waals surface area contributed by atoms with Crippen molar-refractivity contribution in [2.45, 2.75) is 26.8 Å². The van der Waals surface area contributed by atoms with Gasteiger partial charge < -0.3 is 9.94 Å². The molecule has 1 aromatic rings. The molecule has 0 fully saturated rings. The lowest BCUT2D eigenvalue weighted by atomic mass is 9.95. The molecule has 0 aromatic heterocycles. The molecule has 3 nitrogen and oxygen atoms in total. The van der Waals surface area contributed by atoms with Crippen molar-refractivity contribution in [3.05, 3.63) is 29.3 Å². The number of hydrogen-bond acceptors (Lipinski definition) is 3. The molecule has 0 bridgehead atoms. The van der Waals surface area contributed by atoms with E-state index in [4.69, 9.17) is 4.84 Å². The zero-order chi connectivity index (χ0) is 11.4. The number of aryl methyl sites for hydroxylation is 1. The highest BCUT2D eigenvalue weighted by atomic mass is 16.6. The Balaban J connectivity index is 2.95. The Kier molecular flexibility index (Phi) is 4.12. The predicted molar refractivity (Wildman–Crippen MR) is 60.6 cm³/mol. The van der Waals surface area contributed by atoms with Crippen LogP contribution >= 0.6 is 0 Å². The summed E-state index contributed by atoms with van der Waals surface area (Å²) in [6, 6.07) is 5.76. The van der Waals surface area contributed by atoms with Crippen molar-refractivity contribution in [3.63, 3.8) is 0 Å². The van der Waals surface area contributed by atoms with Crippen LogP contribution in [0.5, 0.6) is 5.75 Å². The van der Waals surface area contributed by atoms with Crippen LogP contribution in [0.15, 0.2) is 18.2 Å². The van der Waals surface area contributed by atoms with Crippen LogP contribution in [0.2, 0.25) is 0 Å². The van der Waals surface area contributed by atoms with Crippen LogP contribution in [0.4, 0.5) is 0 Å². The molecular formula is C12H19NO2. The molecule has 0 spiro atoms. The highest BCUT2D eigenvalue weighted by molar-refractivity contribution is 5.36. The van der Waals surface area contributed by atoms with Gasteiger partial charge in [-0.25, -0.2) is 0 Å². The van der Waals surface area contributed by atoms with Crippen molar-refractivity contribution in [2.24, 2.45) is 5.92 Å². The zero-order valence-corrected chi connectivity index (χ0v) is 9.74. The van der Waals surface area contributed by atoms with E-state index in [0.29, 0.717) is 11.7 Å². The third kappa shape index (κ3) is 2.94. The monoisotopic (exact) mass is 209 g/mol. The van der Waals surface area contributed by atoms with Gasteiger partial charge in [0.1, 0.15) is 5.75 Å². The number of benzene rings is 1. The molecule has 0 aliphatic rings. The summed E-state index contributed by atoms with van der Waals surface area (Å²) in [4.78, 5) is 4.98.